The maximum absolute atomic E-state index is 2.57. The molecule has 2 aliphatic carbocycles. The van der Waals surface area contributed by atoms with Gasteiger partial charge in [-0.1, -0.05) is 83.9 Å². The lowest BCUT2D eigenvalue weighted by atomic mass is 9.47. The first-order chi connectivity index (χ1) is 7.92. The van der Waals surface area contributed by atoms with Crippen LogP contribution in [0.3, 0.4) is 0 Å². The van der Waals surface area contributed by atoms with Gasteiger partial charge in [0.1, 0.15) is 7.85 Å². The highest BCUT2D eigenvalue weighted by atomic mass is 14.4. The van der Waals surface area contributed by atoms with Crippen LogP contribution in [-0.4, -0.2) is 7.85 Å². The van der Waals surface area contributed by atoms with Crippen molar-refractivity contribution in [3.63, 3.8) is 0 Å². The Morgan fingerprint density at radius 2 is 1.41 bits per heavy atom. The number of fused-ring (bicyclic) bond motifs is 1. The zero-order chi connectivity index (χ0) is 12.5. The quantitative estimate of drug-likeness (QED) is 0.537. The highest BCUT2D eigenvalue weighted by Gasteiger charge is 2.41. The molecule has 2 saturated carbocycles. The Balaban J connectivity index is 2.13. The molecule has 2 aliphatic rings. The summed E-state index contributed by atoms with van der Waals surface area (Å²) in [6.07, 6.45) is 13.5. The molecule has 0 radical (unpaired) electrons. The Hall–Kier alpha value is 0.0649. The molecule has 0 amide bonds. The second-order valence-corrected chi connectivity index (χ2v) is 8.07. The fourth-order valence-electron chi connectivity index (χ4n) is 4.22. The van der Waals surface area contributed by atoms with Crippen molar-refractivity contribution in [2.24, 2.45) is 17.3 Å². The number of hydrogen-bond donors (Lipinski definition) is 0. The monoisotopic (exact) mass is 234 g/mol. The van der Waals surface area contributed by atoms with Crippen molar-refractivity contribution < 1.29 is 0 Å². The molecule has 0 aliphatic heterocycles. The van der Waals surface area contributed by atoms with E-state index in [1.54, 1.807) is 0 Å². The van der Waals surface area contributed by atoms with Crippen molar-refractivity contribution >= 4 is 7.85 Å². The fourth-order valence-corrected chi connectivity index (χ4v) is 4.22. The van der Waals surface area contributed by atoms with Gasteiger partial charge in [0.2, 0.25) is 0 Å². The molecule has 2 fully saturated rings. The maximum atomic E-state index is 2.57. The van der Waals surface area contributed by atoms with Crippen molar-refractivity contribution in [3.8, 4) is 0 Å². The molecule has 0 N–H and O–H groups in total. The van der Waals surface area contributed by atoms with Gasteiger partial charge in [-0.25, -0.2) is 0 Å². The van der Waals surface area contributed by atoms with E-state index in [0.29, 0.717) is 10.7 Å². The molecular weight excluding hydrogens is 203 g/mol. The summed E-state index contributed by atoms with van der Waals surface area (Å²) < 4.78 is 0. The van der Waals surface area contributed by atoms with E-state index in [1.807, 2.05) is 0 Å². The predicted molar refractivity (Wildman–Crippen MR) is 79.2 cm³/mol. The summed E-state index contributed by atoms with van der Waals surface area (Å²) in [5.74, 6) is 2.12. The molecule has 2 rings (SSSR count). The first-order valence-electron chi connectivity index (χ1n) is 7.92. The van der Waals surface area contributed by atoms with Crippen molar-refractivity contribution in [3.05, 3.63) is 0 Å². The number of rotatable bonds is 0. The van der Waals surface area contributed by atoms with Crippen LogP contribution in [0.5, 0.6) is 0 Å². The fraction of sp³-hybridized carbons (Fsp3) is 1.00. The summed E-state index contributed by atoms with van der Waals surface area (Å²) in [4.78, 5) is 0. The van der Waals surface area contributed by atoms with Crippen molar-refractivity contribution in [2.75, 3.05) is 0 Å². The normalized spacial score (nSPS) is 40.2. The second kappa shape index (κ2) is 4.98. The molecule has 0 aromatic carbocycles. The lowest BCUT2D eigenvalue weighted by Gasteiger charge is -2.48. The Bertz CT molecular complexity index is 253. The molecule has 98 valence electrons. The van der Waals surface area contributed by atoms with Gasteiger partial charge in [-0.2, -0.15) is 0 Å². The molecule has 0 saturated heterocycles. The van der Waals surface area contributed by atoms with E-state index >= 15 is 0 Å². The van der Waals surface area contributed by atoms with E-state index in [-0.39, 0.29) is 0 Å². The molecule has 0 nitrogen and oxygen atoms in total. The van der Waals surface area contributed by atoms with Crippen LogP contribution in [0.4, 0.5) is 0 Å². The highest BCUT2D eigenvalue weighted by Crippen LogP contribution is 2.55. The summed E-state index contributed by atoms with van der Waals surface area (Å²) in [6.45, 7) is 7.39. The average molecular weight is 234 g/mol. The molecule has 1 heteroatoms. The number of hydrogen-bond acceptors (Lipinski definition) is 0. The minimum absolute atomic E-state index is 0.479. The van der Waals surface area contributed by atoms with E-state index in [9.17, 15) is 0 Å². The van der Waals surface area contributed by atoms with Gasteiger partial charge in [0, 0.05) is 0 Å². The zero-order valence-electron chi connectivity index (χ0n) is 12.5. The molecule has 0 aromatic rings. The van der Waals surface area contributed by atoms with Crippen molar-refractivity contribution in [1.29, 1.82) is 0 Å². The average Bonchev–Trinajstić information content (AvgIpc) is 2.22. The third kappa shape index (κ3) is 2.91. The first kappa shape index (κ1) is 13.5. The second-order valence-electron chi connectivity index (χ2n) is 8.07. The van der Waals surface area contributed by atoms with Crippen LogP contribution < -0.4 is 0 Å². The smallest absolute Gasteiger partial charge is 0.0603 e. The maximum Gasteiger partial charge on any atom is 0.110 e. The summed E-state index contributed by atoms with van der Waals surface area (Å²) >= 11 is 0. The van der Waals surface area contributed by atoms with Gasteiger partial charge in [-0.15, -0.1) is 0 Å². The molecule has 17 heavy (non-hydrogen) atoms. The summed E-state index contributed by atoms with van der Waals surface area (Å²) in [5.41, 5.74) is 0.479. The van der Waals surface area contributed by atoms with E-state index < -0.39 is 0 Å². The van der Waals surface area contributed by atoms with Gasteiger partial charge in [-0.3, -0.25) is 0 Å². The van der Waals surface area contributed by atoms with Crippen molar-refractivity contribution in [2.45, 2.75) is 83.9 Å². The Morgan fingerprint density at radius 3 is 2.00 bits per heavy atom. The summed E-state index contributed by atoms with van der Waals surface area (Å²) in [6, 6.07) is 0. The molecule has 0 bridgehead atoms. The third-order valence-electron chi connectivity index (χ3n) is 6.14. The van der Waals surface area contributed by atoms with Crippen LogP contribution in [0.15, 0.2) is 0 Å². The molecule has 0 spiro atoms. The molecule has 0 heterocycles. The lowest BCUT2D eigenvalue weighted by molar-refractivity contribution is 0.118. The van der Waals surface area contributed by atoms with E-state index in [0.717, 1.165) is 11.8 Å². The van der Waals surface area contributed by atoms with Crippen molar-refractivity contribution in [1.82, 2.24) is 0 Å². The van der Waals surface area contributed by atoms with Crippen LogP contribution in [0, 0.1) is 17.3 Å². The van der Waals surface area contributed by atoms with Crippen LogP contribution in [-0.2, 0) is 0 Å². The zero-order valence-corrected chi connectivity index (χ0v) is 12.5. The minimum atomic E-state index is 0.479. The Morgan fingerprint density at radius 1 is 0.882 bits per heavy atom. The lowest BCUT2D eigenvalue weighted by Crippen LogP contribution is -2.35. The molecule has 3 atom stereocenters. The highest BCUT2D eigenvalue weighted by molar-refractivity contribution is 6.15. The van der Waals surface area contributed by atoms with Gasteiger partial charge in [-0.05, 0) is 17.3 Å². The molecular formula is C16H31B. The van der Waals surface area contributed by atoms with Gasteiger partial charge >= 0.3 is 0 Å². The predicted octanol–water partition coefficient (Wildman–Crippen LogP) is 4.59. The van der Waals surface area contributed by atoms with E-state index in [4.69, 9.17) is 0 Å². The standard InChI is InChI=1S/C16H31B/c1-15(2,3)16(17)11-7-6-9-13-8-4-5-10-14(13)12-16/h13-14H,4-12,17H2,1-3H3. The summed E-state index contributed by atoms with van der Waals surface area (Å²) in [7, 11) is 2.57. The van der Waals surface area contributed by atoms with E-state index in [1.165, 1.54) is 57.8 Å². The van der Waals surface area contributed by atoms with E-state index in [2.05, 4.69) is 28.6 Å². The van der Waals surface area contributed by atoms with Crippen LogP contribution in [0.25, 0.3) is 0 Å². The molecule has 0 aromatic heterocycles. The minimum Gasteiger partial charge on any atom is -0.0603 e. The third-order valence-corrected chi connectivity index (χ3v) is 6.14. The van der Waals surface area contributed by atoms with Crippen LogP contribution >= 0.6 is 0 Å². The largest absolute Gasteiger partial charge is 0.110 e. The van der Waals surface area contributed by atoms with Gasteiger partial charge in [0.05, 0.1) is 0 Å². The van der Waals surface area contributed by atoms with Gasteiger partial charge in [0.15, 0.2) is 0 Å². The van der Waals surface area contributed by atoms with Gasteiger partial charge in [0.25, 0.3) is 0 Å². The van der Waals surface area contributed by atoms with Gasteiger partial charge < -0.3 is 0 Å². The Labute approximate surface area is 109 Å². The SMILES string of the molecule is BC1(C(C)(C)C)CCCCC2CCCCC2C1. The topological polar surface area (TPSA) is 0 Å². The first-order valence-corrected chi connectivity index (χ1v) is 7.92. The van der Waals surface area contributed by atoms with Crippen LogP contribution in [0.2, 0.25) is 5.31 Å². The summed E-state index contributed by atoms with van der Waals surface area (Å²) in [5, 5.41) is 0.577. The van der Waals surface area contributed by atoms with Crippen LogP contribution in [0.1, 0.15) is 78.6 Å². The molecule has 3 unspecified atom stereocenters. The Kier molecular flexibility index (Phi) is 3.95.